The van der Waals surface area contributed by atoms with Gasteiger partial charge in [-0.25, -0.2) is 0 Å². The van der Waals surface area contributed by atoms with Crippen molar-refractivity contribution in [3.63, 3.8) is 0 Å². The zero-order chi connectivity index (χ0) is 4.85. The van der Waals surface area contributed by atoms with E-state index in [1.165, 1.54) is 0 Å². The molecule has 1 saturated heterocycles. The molecule has 1 fully saturated rings. The van der Waals surface area contributed by atoms with Crippen LogP contribution < -0.4 is 0 Å². The molecule has 2 aliphatic rings. The standard InChI is InChI=1S/C5H4O2/c6-3-1-2-4-5(3)7-4/h2,5H,1H2. The van der Waals surface area contributed by atoms with E-state index in [1.807, 2.05) is 6.08 Å². The van der Waals surface area contributed by atoms with E-state index in [0.29, 0.717) is 6.42 Å². The number of hydrogen-bond acceptors (Lipinski definition) is 2. The molecule has 2 nitrogen and oxygen atoms in total. The van der Waals surface area contributed by atoms with Gasteiger partial charge in [0.2, 0.25) is 6.10 Å². The number of ketones is 1. The molecule has 36 valence electrons. The van der Waals surface area contributed by atoms with E-state index in [4.69, 9.17) is 4.74 Å². The summed E-state index contributed by atoms with van der Waals surface area (Å²) >= 11 is 0. The van der Waals surface area contributed by atoms with Crippen molar-refractivity contribution in [1.29, 1.82) is 0 Å². The van der Waals surface area contributed by atoms with Crippen molar-refractivity contribution in [2.45, 2.75) is 12.5 Å². The molecule has 0 aromatic heterocycles. The highest BCUT2D eigenvalue weighted by molar-refractivity contribution is 5.93. The van der Waals surface area contributed by atoms with Crippen molar-refractivity contribution in [1.82, 2.24) is 0 Å². The van der Waals surface area contributed by atoms with Crippen LogP contribution in [0.2, 0.25) is 0 Å². The second-order valence-electron chi connectivity index (χ2n) is 1.77. The molecular formula is C5H4O2. The summed E-state index contributed by atoms with van der Waals surface area (Å²) in [7, 11) is 0. The molecule has 1 aliphatic heterocycles. The Morgan fingerprint density at radius 1 is 1.86 bits per heavy atom. The van der Waals surface area contributed by atoms with Crippen molar-refractivity contribution in [3.8, 4) is 0 Å². The third kappa shape index (κ3) is 0.266. The molecule has 1 unspecified atom stereocenters. The first-order valence-electron chi connectivity index (χ1n) is 2.27. The summed E-state index contributed by atoms with van der Waals surface area (Å²) in [6.07, 6.45) is 2.34. The lowest BCUT2D eigenvalue weighted by Crippen LogP contribution is -1.98. The molecule has 0 N–H and O–H groups in total. The van der Waals surface area contributed by atoms with E-state index in [9.17, 15) is 4.79 Å². The van der Waals surface area contributed by atoms with Crippen LogP contribution in [0.25, 0.3) is 0 Å². The molecule has 7 heavy (non-hydrogen) atoms. The van der Waals surface area contributed by atoms with Crippen LogP contribution in [-0.4, -0.2) is 11.9 Å². The summed E-state index contributed by atoms with van der Waals surface area (Å²) < 4.78 is 4.78. The Morgan fingerprint density at radius 2 is 2.71 bits per heavy atom. The van der Waals surface area contributed by atoms with Gasteiger partial charge in [0.25, 0.3) is 0 Å². The van der Waals surface area contributed by atoms with E-state index in [0.717, 1.165) is 5.76 Å². The predicted molar refractivity (Wildman–Crippen MR) is 22.6 cm³/mol. The molecule has 2 heteroatoms. The van der Waals surface area contributed by atoms with Gasteiger partial charge in [0.1, 0.15) is 5.76 Å². The molecule has 1 aliphatic carbocycles. The average molecular weight is 96.1 g/mol. The van der Waals surface area contributed by atoms with Crippen molar-refractivity contribution in [2.75, 3.05) is 0 Å². The van der Waals surface area contributed by atoms with Crippen LogP contribution in [0.1, 0.15) is 6.42 Å². The Hall–Kier alpha value is -0.790. The molecule has 0 amide bonds. The second-order valence-corrected chi connectivity index (χ2v) is 1.77. The number of rotatable bonds is 0. The Morgan fingerprint density at radius 3 is 2.86 bits per heavy atom. The van der Waals surface area contributed by atoms with Crippen molar-refractivity contribution in [3.05, 3.63) is 11.8 Å². The lowest BCUT2D eigenvalue weighted by atomic mass is 10.3. The molecule has 1 heterocycles. The van der Waals surface area contributed by atoms with Crippen LogP contribution in [0.3, 0.4) is 0 Å². The summed E-state index contributed by atoms with van der Waals surface area (Å²) in [4.78, 5) is 10.4. The molecule has 0 bridgehead atoms. The molecule has 0 spiro atoms. The quantitative estimate of drug-likeness (QED) is 0.404. The molecule has 0 radical (unpaired) electrons. The summed E-state index contributed by atoms with van der Waals surface area (Å²) in [5.41, 5.74) is 0. The smallest absolute Gasteiger partial charge is 0.213 e. The molecular weight excluding hydrogens is 92.1 g/mol. The fourth-order valence-electron chi connectivity index (χ4n) is 0.790. The minimum atomic E-state index is -0.0972. The number of carbonyl (C=O) groups excluding carboxylic acids is 1. The van der Waals surface area contributed by atoms with E-state index in [2.05, 4.69) is 0 Å². The van der Waals surface area contributed by atoms with Gasteiger partial charge in [-0.1, -0.05) is 0 Å². The molecule has 1 atom stereocenters. The Labute approximate surface area is 40.8 Å². The van der Waals surface area contributed by atoms with Gasteiger partial charge in [-0.3, -0.25) is 4.79 Å². The third-order valence-electron chi connectivity index (χ3n) is 1.25. The van der Waals surface area contributed by atoms with Gasteiger partial charge in [0.05, 0.1) is 0 Å². The zero-order valence-electron chi connectivity index (χ0n) is 3.68. The van der Waals surface area contributed by atoms with Crippen molar-refractivity contribution >= 4 is 5.78 Å². The predicted octanol–water partition coefficient (Wildman–Crippen LogP) is 0.242. The zero-order valence-corrected chi connectivity index (χ0v) is 3.68. The highest BCUT2D eigenvalue weighted by Gasteiger charge is 2.43. The van der Waals surface area contributed by atoms with Crippen LogP contribution in [0, 0.1) is 0 Å². The molecule has 0 aromatic carbocycles. The summed E-state index contributed by atoms with van der Waals surface area (Å²) in [5.74, 6) is 1.11. The number of ether oxygens (including phenoxy) is 1. The summed E-state index contributed by atoms with van der Waals surface area (Å²) in [6.45, 7) is 0. The van der Waals surface area contributed by atoms with E-state index < -0.39 is 0 Å². The van der Waals surface area contributed by atoms with E-state index >= 15 is 0 Å². The second kappa shape index (κ2) is 0.735. The third-order valence-corrected chi connectivity index (χ3v) is 1.25. The van der Waals surface area contributed by atoms with Gasteiger partial charge in [-0.2, -0.15) is 0 Å². The fraction of sp³-hybridized carbons (Fsp3) is 0.400. The lowest BCUT2D eigenvalue weighted by molar-refractivity contribution is -0.119. The average Bonchev–Trinajstić information content (AvgIpc) is 2.33. The van der Waals surface area contributed by atoms with Gasteiger partial charge >= 0.3 is 0 Å². The largest absolute Gasteiger partial charge is 0.475 e. The van der Waals surface area contributed by atoms with Gasteiger partial charge in [-0.05, 0) is 6.08 Å². The minimum absolute atomic E-state index is 0.0972. The normalized spacial score (nSPS) is 34.0. The maximum atomic E-state index is 10.4. The molecule has 0 saturated carbocycles. The lowest BCUT2D eigenvalue weighted by Gasteiger charge is -1.79. The van der Waals surface area contributed by atoms with Gasteiger partial charge in [0.15, 0.2) is 5.78 Å². The van der Waals surface area contributed by atoms with Crippen LogP contribution in [0.4, 0.5) is 0 Å². The van der Waals surface area contributed by atoms with Crippen molar-refractivity contribution < 1.29 is 9.53 Å². The number of carbonyl (C=O) groups is 1. The minimum Gasteiger partial charge on any atom is -0.475 e. The fourth-order valence-corrected chi connectivity index (χ4v) is 0.790. The van der Waals surface area contributed by atoms with Crippen LogP contribution in [-0.2, 0) is 9.53 Å². The topological polar surface area (TPSA) is 29.6 Å². The monoisotopic (exact) mass is 96.0 g/mol. The first-order chi connectivity index (χ1) is 3.38. The number of hydrogen-bond donors (Lipinski definition) is 0. The van der Waals surface area contributed by atoms with E-state index in [1.54, 1.807) is 0 Å². The van der Waals surface area contributed by atoms with Gasteiger partial charge < -0.3 is 4.74 Å². The Kier molecular flexibility index (Phi) is 0.340. The maximum absolute atomic E-state index is 10.4. The highest BCUT2D eigenvalue weighted by atomic mass is 16.6. The summed E-state index contributed by atoms with van der Waals surface area (Å²) in [6, 6.07) is 0. The van der Waals surface area contributed by atoms with E-state index in [-0.39, 0.29) is 11.9 Å². The maximum Gasteiger partial charge on any atom is 0.213 e. The first-order valence-corrected chi connectivity index (χ1v) is 2.27. The van der Waals surface area contributed by atoms with Gasteiger partial charge in [-0.15, -0.1) is 0 Å². The van der Waals surface area contributed by atoms with Crippen molar-refractivity contribution in [2.24, 2.45) is 0 Å². The van der Waals surface area contributed by atoms with Crippen LogP contribution >= 0.6 is 0 Å². The number of fused-ring (bicyclic) bond motifs is 1. The van der Waals surface area contributed by atoms with Crippen LogP contribution in [0.5, 0.6) is 0 Å². The molecule has 0 aromatic rings. The SMILES string of the molecule is O=C1CC=C2OC12. The number of Topliss-reactive ketones (excluding diaryl/α,β-unsaturated/α-hetero) is 1. The molecule has 2 rings (SSSR count). The number of epoxide rings is 1. The number of allylic oxidation sites excluding steroid dienone is 1. The Balaban J connectivity index is 2.39. The summed E-state index contributed by atoms with van der Waals surface area (Å²) in [5, 5.41) is 0. The van der Waals surface area contributed by atoms with Gasteiger partial charge in [0, 0.05) is 6.42 Å². The highest BCUT2D eigenvalue weighted by Crippen LogP contribution is 2.34. The van der Waals surface area contributed by atoms with Crippen LogP contribution in [0.15, 0.2) is 11.8 Å². The first kappa shape index (κ1) is 3.24. The Bertz CT molecular complexity index is 157.